The van der Waals surface area contributed by atoms with Crippen molar-refractivity contribution in [2.45, 2.75) is 30.3 Å². The Morgan fingerprint density at radius 2 is 2.09 bits per heavy atom. The summed E-state index contributed by atoms with van der Waals surface area (Å²) in [4.78, 5) is 12.7. The van der Waals surface area contributed by atoms with E-state index in [4.69, 9.17) is 5.11 Å². The second kappa shape index (κ2) is 5.37. The van der Waals surface area contributed by atoms with Crippen molar-refractivity contribution < 1.29 is 36.9 Å². The van der Waals surface area contributed by atoms with Gasteiger partial charge in [-0.05, 0) is 12.2 Å². The van der Waals surface area contributed by atoms with Gasteiger partial charge in [0.2, 0.25) is 5.82 Å². The lowest BCUT2D eigenvalue weighted by molar-refractivity contribution is -0.274. The third-order valence-corrected chi connectivity index (χ3v) is 3.55. The topological polar surface area (TPSA) is 87.5 Å². The number of nitrogens with one attached hydrogen (secondary N) is 1. The fourth-order valence-corrected chi connectivity index (χ4v) is 2.35. The molecule has 0 aromatic carbocycles. The Hall–Kier alpha value is -1.37. The van der Waals surface area contributed by atoms with Crippen molar-refractivity contribution in [2.24, 2.45) is 0 Å². The van der Waals surface area contributed by atoms with Crippen LogP contribution in [0.4, 0.5) is 22.0 Å². The molecule has 3 N–H and O–H groups in total. The summed E-state index contributed by atoms with van der Waals surface area (Å²) in [5.74, 6) is -1.52. The van der Waals surface area contributed by atoms with Crippen molar-refractivity contribution in [3.63, 3.8) is 0 Å². The smallest absolute Gasteiger partial charge is 0.394 e. The van der Waals surface area contributed by atoms with E-state index in [-0.39, 0.29) is 10.8 Å². The average Bonchev–Trinajstić information content (AvgIpc) is 2.67. The molecule has 0 aliphatic carbocycles. The lowest BCUT2D eigenvalue weighted by Gasteiger charge is -2.31. The first-order valence-corrected chi connectivity index (χ1v) is 6.15. The molecule has 4 atom stereocenters. The number of aliphatic hydroxyl groups is 2. The van der Waals surface area contributed by atoms with Gasteiger partial charge in [-0.15, -0.1) is 0 Å². The monoisotopic (exact) mass is 348 g/mol. The average molecular weight is 348 g/mol. The highest BCUT2D eigenvalue weighted by Crippen LogP contribution is 2.51. The van der Waals surface area contributed by atoms with Gasteiger partial charge in [-0.1, -0.05) is 0 Å². The number of hydrogen-bond acceptors (Lipinski definition) is 5. The predicted molar refractivity (Wildman–Crippen MR) is 62.7 cm³/mol. The Balaban J connectivity index is 2.65. The van der Waals surface area contributed by atoms with Crippen LogP contribution in [-0.2, 0) is 4.74 Å². The van der Waals surface area contributed by atoms with Gasteiger partial charge in [0.1, 0.15) is 12.2 Å². The molecule has 0 radical (unpaired) electrons. The highest BCUT2D eigenvalue weighted by Gasteiger charge is 2.72. The fourth-order valence-electron chi connectivity index (χ4n) is 2.11. The van der Waals surface area contributed by atoms with Gasteiger partial charge in [0.15, 0.2) is 11.0 Å². The molecule has 0 saturated carbocycles. The Morgan fingerprint density at radius 1 is 1.50 bits per heavy atom. The summed E-state index contributed by atoms with van der Waals surface area (Å²) in [6.45, 7) is -1.11. The van der Waals surface area contributed by atoms with Crippen LogP contribution in [0.1, 0.15) is 6.23 Å². The van der Waals surface area contributed by atoms with Crippen LogP contribution in [0.25, 0.3) is 0 Å². The zero-order valence-corrected chi connectivity index (χ0v) is 11.3. The molecule has 0 amide bonds. The van der Waals surface area contributed by atoms with Gasteiger partial charge in [0.25, 0.3) is 11.2 Å². The largest absolute Gasteiger partial charge is 0.429 e. The molecular weight excluding hydrogens is 339 g/mol. The summed E-state index contributed by atoms with van der Waals surface area (Å²) in [5, 5.41) is 18.4. The van der Waals surface area contributed by atoms with Crippen molar-refractivity contribution in [2.75, 3.05) is 6.61 Å². The lowest BCUT2D eigenvalue weighted by atomic mass is 9.95. The molecule has 0 spiro atoms. The Morgan fingerprint density at radius 3 is 2.59 bits per heavy atom. The number of H-pyrrole nitrogens is 1. The Bertz CT molecular complexity index is 689. The zero-order valence-electron chi connectivity index (χ0n) is 10.5. The van der Waals surface area contributed by atoms with Gasteiger partial charge < -0.3 is 14.9 Å². The molecular formula is C10H9F5N2O4S. The van der Waals surface area contributed by atoms with E-state index < -0.39 is 53.0 Å². The van der Waals surface area contributed by atoms with Crippen molar-refractivity contribution >= 4 is 12.2 Å². The van der Waals surface area contributed by atoms with Crippen LogP contribution in [0, 0.1) is 10.6 Å². The van der Waals surface area contributed by atoms with Crippen LogP contribution >= 0.6 is 12.2 Å². The SMILES string of the molecule is O=c1[nH]c(=S)n(C2OC(CO)C(O)C2(F)C(F)(F)F)cc1F. The van der Waals surface area contributed by atoms with Crippen molar-refractivity contribution in [3.05, 3.63) is 27.1 Å². The number of aromatic amines is 1. The first kappa shape index (κ1) is 17.0. The third kappa shape index (κ3) is 2.35. The first-order chi connectivity index (χ1) is 10.0. The molecule has 0 bridgehead atoms. The molecule has 1 fully saturated rings. The summed E-state index contributed by atoms with van der Waals surface area (Å²) >= 11 is 4.56. The van der Waals surface area contributed by atoms with E-state index in [1.807, 2.05) is 0 Å². The number of rotatable bonds is 2. The van der Waals surface area contributed by atoms with Gasteiger partial charge in [-0.3, -0.25) is 14.3 Å². The zero-order chi connectivity index (χ0) is 16.9. The molecule has 6 nitrogen and oxygen atoms in total. The number of ether oxygens (including phenoxy) is 1. The van der Waals surface area contributed by atoms with E-state index in [0.29, 0.717) is 0 Å². The van der Waals surface area contributed by atoms with Crippen LogP contribution < -0.4 is 5.56 Å². The second-order valence-corrected chi connectivity index (χ2v) is 4.95. The summed E-state index contributed by atoms with van der Waals surface area (Å²) < 4.78 is 71.0. The summed E-state index contributed by atoms with van der Waals surface area (Å²) in [7, 11) is 0. The minimum absolute atomic E-state index is 0.193. The van der Waals surface area contributed by atoms with Gasteiger partial charge in [-0.25, -0.2) is 4.39 Å². The number of aliphatic hydroxyl groups excluding tert-OH is 2. The number of aromatic nitrogens is 2. The lowest BCUT2D eigenvalue weighted by Crippen LogP contribution is -2.54. The number of nitrogens with zero attached hydrogens (tertiary/aromatic N) is 1. The van der Waals surface area contributed by atoms with Crippen LogP contribution in [0.5, 0.6) is 0 Å². The molecule has 1 aliphatic heterocycles. The molecule has 2 rings (SSSR count). The van der Waals surface area contributed by atoms with Crippen LogP contribution in [0.2, 0.25) is 0 Å². The Kier molecular flexibility index (Phi) is 4.14. The molecule has 1 aromatic heterocycles. The van der Waals surface area contributed by atoms with Crippen molar-refractivity contribution in [1.29, 1.82) is 0 Å². The quantitative estimate of drug-likeness (QED) is 0.537. The van der Waals surface area contributed by atoms with E-state index in [1.165, 1.54) is 0 Å². The van der Waals surface area contributed by atoms with E-state index in [2.05, 4.69) is 17.0 Å². The summed E-state index contributed by atoms with van der Waals surface area (Å²) in [6, 6.07) is 0. The number of alkyl halides is 4. The molecule has 1 aromatic rings. The van der Waals surface area contributed by atoms with E-state index in [1.54, 1.807) is 4.98 Å². The van der Waals surface area contributed by atoms with Crippen molar-refractivity contribution in [1.82, 2.24) is 9.55 Å². The Labute approximate surface area is 123 Å². The van der Waals surface area contributed by atoms with Crippen LogP contribution in [0.3, 0.4) is 0 Å². The summed E-state index contributed by atoms with van der Waals surface area (Å²) in [5.41, 5.74) is -5.67. The maximum atomic E-state index is 14.5. The van der Waals surface area contributed by atoms with Gasteiger partial charge >= 0.3 is 6.18 Å². The molecule has 1 aliphatic rings. The van der Waals surface area contributed by atoms with Gasteiger partial charge in [-0.2, -0.15) is 17.6 Å². The van der Waals surface area contributed by atoms with E-state index in [9.17, 15) is 31.9 Å². The standard InChI is InChI=1S/C10H9F5N2O4S/c11-3-1-17(8(22)16-6(3)20)7-9(12,10(13,14)15)5(19)4(2-18)21-7/h1,4-5,7,18-19H,2H2,(H,16,20,22). The van der Waals surface area contributed by atoms with Gasteiger partial charge in [0, 0.05) is 0 Å². The molecule has 22 heavy (non-hydrogen) atoms. The van der Waals surface area contributed by atoms with E-state index in [0.717, 1.165) is 0 Å². The number of hydrogen-bond donors (Lipinski definition) is 3. The number of halogens is 5. The van der Waals surface area contributed by atoms with Crippen LogP contribution in [-0.4, -0.2) is 50.4 Å². The molecule has 12 heteroatoms. The maximum Gasteiger partial charge on any atom is 0.429 e. The highest BCUT2D eigenvalue weighted by molar-refractivity contribution is 7.71. The molecule has 4 unspecified atom stereocenters. The molecule has 2 heterocycles. The third-order valence-electron chi connectivity index (χ3n) is 3.24. The molecule has 1 saturated heterocycles. The normalized spacial score (nSPS) is 32.4. The van der Waals surface area contributed by atoms with E-state index >= 15 is 0 Å². The van der Waals surface area contributed by atoms with Crippen molar-refractivity contribution in [3.8, 4) is 0 Å². The molecule has 124 valence electrons. The van der Waals surface area contributed by atoms with Crippen LogP contribution in [0.15, 0.2) is 11.0 Å². The second-order valence-electron chi connectivity index (χ2n) is 4.56. The first-order valence-electron chi connectivity index (χ1n) is 5.75. The maximum absolute atomic E-state index is 14.5. The predicted octanol–water partition coefficient (Wildman–Crippen LogP) is 0.566. The minimum atomic E-state index is -5.61. The summed E-state index contributed by atoms with van der Waals surface area (Å²) in [6.07, 6.45) is -12.7. The fraction of sp³-hybridized carbons (Fsp3) is 0.600. The van der Waals surface area contributed by atoms with Gasteiger partial charge in [0.05, 0.1) is 12.8 Å². The highest BCUT2D eigenvalue weighted by atomic mass is 32.1. The minimum Gasteiger partial charge on any atom is -0.394 e.